The van der Waals surface area contributed by atoms with Gasteiger partial charge in [-0.3, -0.25) is 4.79 Å². The van der Waals surface area contributed by atoms with Crippen molar-refractivity contribution in [2.45, 2.75) is 13.3 Å². The number of amides is 1. The van der Waals surface area contributed by atoms with E-state index in [9.17, 15) is 9.18 Å². The van der Waals surface area contributed by atoms with E-state index in [4.69, 9.17) is 5.73 Å². The topological polar surface area (TPSA) is 43.1 Å². The van der Waals surface area contributed by atoms with E-state index in [0.717, 1.165) is 11.1 Å². The standard InChI is InChI=1S/C11H12FNO/c1-7(2)8-3-4-9(6-11(13)14)10(12)5-8/h3-5H,1,6H2,2H3,(H2,13,14). The molecule has 0 aliphatic carbocycles. The lowest BCUT2D eigenvalue weighted by molar-refractivity contribution is -0.117. The van der Waals surface area contributed by atoms with Gasteiger partial charge in [0.25, 0.3) is 0 Å². The lowest BCUT2D eigenvalue weighted by Gasteiger charge is -2.03. The van der Waals surface area contributed by atoms with Gasteiger partial charge in [-0.05, 0) is 24.1 Å². The Morgan fingerprint density at radius 2 is 2.21 bits per heavy atom. The fourth-order valence-corrected chi connectivity index (χ4v) is 1.14. The number of primary amides is 1. The van der Waals surface area contributed by atoms with Crippen molar-refractivity contribution in [3.05, 3.63) is 41.7 Å². The summed E-state index contributed by atoms with van der Waals surface area (Å²) in [6.07, 6.45) is -0.0672. The second kappa shape index (κ2) is 4.05. The predicted molar refractivity (Wildman–Crippen MR) is 54.0 cm³/mol. The zero-order valence-electron chi connectivity index (χ0n) is 8.01. The van der Waals surface area contributed by atoms with Gasteiger partial charge in [0.15, 0.2) is 0 Å². The molecule has 0 radical (unpaired) electrons. The Hall–Kier alpha value is -1.64. The number of carbonyl (C=O) groups excluding carboxylic acids is 1. The van der Waals surface area contributed by atoms with Gasteiger partial charge in [-0.1, -0.05) is 24.3 Å². The highest BCUT2D eigenvalue weighted by atomic mass is 19.1. The van der Waals surface area contributed by atoms with Gasteiger partial charge in [-0.25, -0.2) is 4.39 Å². The van der Waals surface area contributed by atoms with E-state index in [1.165, 1.54) is 6.07 Å². The fraction of sp³-hybridized carbons (Fsp3) is 0.182. The normalized spacial score (nSPS) is 9.86. The Kier molecular flexibility index (Phi) is 3.02. The molecule has 0 spiro atoms. The van der Waals surface area contributed by atoms with Crippen molar-refractivity contribution >= 4 is 11.5 Å². The van der Waals surface area contributed by atoms with Gasteiger partial charge in [-0.2, -0.15) is 0 Å². The molecule has 0 heterocycles. The summed E-state index contributed by atoms with van der Waals surface area (Å²) < 4.78 is 13.3. The highest BCUT2D eigenvalue weighted by Gasteiger charge is 2.06. The second-order valence-corrected chi connectivity index (χ2v) is 3.23. The van der Waals surface area contributed by atoms with Crippen LogP contribution in [0.2, 0.25) is 0 Å². The molecule has 1 rings (SSSR count). The van der Waals surface area contributed by atoms with Crippen LogP contribution in [0.3, 0.4) is 0 Å². The summed E-state index contributed by atoms with van der Waals surface area (Å²) in [6, 6.07) is 4.65. The van der Waals surface area contributed by atoms with E-state index in [1.54, 1.807) is 19.1 Å². The number of rotatable bonds is 3. The Morgan fingerprint density at radius 1 is 1.57 bits per heavy atom. The Bertz CT molecular complexity index is 385. The Morgan fingerprint density at radius 3 is 2.64 bits per heavy atom. The van der Waals surface area contributed by atoms with Crippen molar-refractivity contribution in [2.24, 2.45) is 5.73 Å². The quantitative estimate of drug-likeness (QED) is 0.782. The van der Waals surface area contributed by atoms with Crippen molar-refractivity contribution in [2.75, 3.05) is 0 Å². The number of carbonyl (C=O) groups is 1. The highest BCUT2D eigenvalue weighted by Crippen LogP contribution is 2.16. The van der Waals surface area contributed by atoms with E-state index in [1.807, 2.05) is 0 Å². The van der Waals surface area contributed by atoms with Crippen molar-refractivity contribution in [1.29, 1.82) is 0 Å². The predicted octanol–water partition coefficient (Wildman–Crippen LogP) is 1.89. The molecule has 1 aromatic rings. The van der Waals surface area contributed by atoms with E-state index < -0.39 is 11.7 Å². The van der Waals surface area contributed by atoms with Crippen LogP contribution in [-0.4, -0.2) is 5.91 Å². The van der Waals surface area contributed by atoms with Crippen LogP contribution in [0.1, 0.15) is 18.1 Å². The van der Waals surface area contributed by atoms with E-state index >= 15 is 0 Å². The number of allylic oxidation sites excluding steroid dienone is 1. The van der Waals surface area contributed by atoms with Gasteiger partial charge in [0, 0.05) is 0 Å². The van der Waals surface area contributed by atoms with Crippen LogP contribution in [0.15, 0.2) is 24.8 Å². The molecule has 0 fully saturated rings. The minimum Gasteiger partial charge on any atom is -0.369 e. The van der Waals surface area contributed by atoms with Crippen LogP contribution in [-0.2, 0) is 11.2 Å². The van der Waals surface area contributed by atoms with Gasteiger partial charge in [0.2, 0.25) is 5.91 Å². The van der Waals surface area contributed by atoms with Crippen molar-refractivity contribution < 1.29 is 9.18 Å². The van der Waals surface area contributed by atoms with Gasteiger partial charge in [0.05, 0.1) is 6.42 Å². The number of hydrogen-bond donors (Lipinski definition) is 1. The smallest absolute Gasteiger partial charge is 0.221 e. The summed E-state index contributed by atoms with van der Waals surface area (Å²) >= 11 is 0. The maximum absolute atomic E-state index is 13.3. The zero-order valence-corrected chi connectivity index (χ0v) is 8.01. The van der Waals surface area contributed by atoms with Crippen LogP contribution in [0.25, 0.3) is 5.57 Å². The molecule has 14 heavy (non-hydrogen) atoms. The third-order valence-electron chi connectivity index (χ3n) is 1.91. The second-order valence-electron chi connectivity index (χ2n) is 3.23. The highest BCUT2D eigenvalue weighted by molar-refractivity contribution is 5.76. The van der Waals surface area contributed by atoms with Crippen LogP contribution in [0.5, 0.6) is 0 Å². The van der Waals surface area contributed by atoms with Crippen molar-refractivity contribution in [3.63, 3.8) is 0 Å². The largest absolute Gasteiger partial charge is 0.369 e. The number of nitrogens with two attached hydrogens (primary N) is 1. The van der Waals surface area contributed by atoms with Crippen LogP contribution < -0.4 is 5.73 Å². The summed E-state index contributed by atoms with van der Waals surface area (Å²) in [5.74, 6) is -0.948. The first kappa shape index (κ1) is 10.4. The van der Waals surface area contributed by atoms with Crippen LogP contribution >= 0.6 is 0 Å². The lowest BCUT2D eigenvalue weighted by Crippen LogP contribution is -2.14. The lowest BCUT2D eigenvalue weighted by atomic mass is 10.0. The molecule has 1 aromatic carbocycles. The molecule has 3 heteroatoms. The molecule has 1 amide bonds. The van der Waals surface area contributed by atoms with E-state index in [-0.39, 0.29) is 6.42 Å². The third kappa shape index (κ3) is 2.42. The van der Waals surface area contributed by atoms with E-state index in [2.05, 4.69) is 6.58 Å². The fourth-order valence-electron chi connectivity index (χ4n) is 1.14. The molecule has 74 valence electrons. The number of benzene rings is 1. The van der Waals surface area contributed by atoms with Crippen LogP contribution in [0, 0.1) is 5.82 Å². The first-order valence-electron chi connectivity index (χ1n) is 4.23. The average Bonchev–Trinajstić information content (AvgIpc) is 2.07. The monoisotopic (exact) mass is 193 g/mol. The molecule has 0 saturated carbocycles. The first-order chi connectivity index (χ1) is 6.50. The Labute approximate surface area is 82.2 Å². The third-order valence-corrected chi connectivity index (χ3v) is 1.91. The molecule has 2 N–H and O–H groups in total. The molecule has 0 aliphatic heterocycles. The summed E-state index contributed by atoms with van der Waals surface area (Å²) in [4.78, 5) is 10.6. The number of halogens is 1. The molecule has 0 saturated heterocycles. The van der Waals surface area contributed by atoms with Crippen molar-refractivity contribution in [3.8, 4) is 0 Å². The summed E-state index contributed by atoms with van der Waals surface area (Å²) in [5, 5.41) is 0. The average molecular weight is 193 g/mol. The SMILES string of the molecule is C=C(C)c1ccc(CC(N)=O)c(F)c1. The van der Waals surface area contributed by atoms with Gasteiger partial charge in [0.1, 0.15) is 5.82 Å². The van der Waals surface area contributed by atoms with E-state index in [0.29, 0.717) is 5.56 Å². The Balaban J connectivity index is 3.01. The summed E-state index contributed by atoms with van der Waals surface area (Å²) in [6.45, 7) is 5.49. The minimum absolute atomic E-state index is 0.0672. The van der Waals surface area contributed by atoms with Gasteiger partial charge >= 0.3 is 0 Å². The summed E-state index contributed by atoms with van der Waals surface area (Å²) in [7, 11) is 0. The molecule has 0 atom stereocenters. The van der Waals surface area contributed by atoms with Crippen LogP contribution in [0.4, 0.5) is 4.39 Å². The molecule has 0 unspecified atom stereocenters. The number of hydrogen-bond acceptors (Lipinski definition) is 1. The molecule has 0 aliphatic rings. The molecule has 2 nitrogen and oxygen atoms in total. The van der Waals surface area contributed by atoms with Crippen molar-refractivity contribution in [1.82, 2.24) is 0 Å². The first-order valence-corrected chi connectivity index (χ1v) is 4.23. The van der Waals surface area contributed by atoms with Gasteiger partial charge < -0.3 is 5.73 Å². The van der Waals surface area contributed by atoms with Gasteiger partial charge in [-0.15, -0.1) is 0 Å². The summed E-state index contributed by atoms with van der Waals surface area (Å²) in [5.41, 5.74) is 6.81. The molecule has 0 bridgehead atoms. The maximum Gasteiger partial charge on any atom is 0.221 e. The zero-order chi connectivity index (χ0) is 10.7. The molecular formula is C11H12FNO. The maximum atomic E-state index is 13.3. The molecular weight excluding hydrogens is 181 g/mol. The molecule has 0 aromatic heterocycles. The minimum atomic E-state index is -0.535.